The van der Waals surface area contributed by atoms with Crippen molar-refractivity contribution in [1.29, 1.82) is 0 Å². The highest BCUT2D eigenvalue weighted by Gasteiger charge is 2.36. The number of aromatic nitrogens is 3. The van der Waals surface area contributed by atoms with Crippen molar-refractivity contribution in [2.45, 2.75) is 26.5 Å². The Morgan fingerprint density at radius 3 is 2.49 bits per heavy atom. The van der Waals surface area contributed by atoms with Gasteiger partial charge in [0.15, 0.2) is 0 Å². The fourth-order valence-electron chi connectivity index (χ4n) is 4.21. The Hall–Kier alpha value is -4.39. The molecule has 0 saturated heterocycles. The number of hydrogen-bond acceptors (Lipinski definition) is 6. The first-order valence-corrected chi connectivity index (χ1v) is 11.6. The van der Waals surface area contributed by atoms with E-state index in [2.05, 4.69) is 34.5 Å². The molecule has 2 heterocycles. The Morgan fingerprint density at radius 2 is 1.74 bits per heavy atom. The van der Waals surface area contributed by atoms with Crippen molar-refractivity contribution in [2.24, 2.45) is 0 Å². The number of hydrogen-bond donors (Lipinski definition) is 1. The smallest absolute Gasteiger partial charge is 0.338 e. The number of aryl methyl sites for hydroxylation is 1. The Kier molecular flexibility index (Phi) is 6.30. The Bertz CT molecular complexity index is 1360. The molecule has 35 heavy (non-hydrogen) atoms. The second kappa shape index (κ2) is 9.85. The van der Waals surface area contributed by atoms with Crippen LogP contribution in [-0.2, 0) is 16.1 Å². The number of esters is 1. The van der Waals surface area contributed by atoms with Crippen molar-refractivity contribution in [3.63, 3.8) is 0 Å². The van der Waals surface area contributed by atoms with Crippen LogP contribution < -0.4 is 10.1 Å². The van der Waals surface area contributed by atoms with Gasteiger partial charge in [-0.2, -0.15) is 10.1 Å². The molecule has 0 amide bonds. The molecule has 7 heteroatoms. The zero-order chi connectivity index (χ0) is 24.2. The van der Waals surface area contributed by atoms with Crippen LogP contribution in [0.15, 0.2) is 90.8 Å². The summed E-state index contributed by atoms with van der Waals surface area (Å²) in [6.07, 6.45) is 1.48. The molecule has 5 rings (SSSR count). The number of nitrogens with zero attached hydrogens (tertiary/aromatic N) is 3. The molecule has 1 N–H and O–H groups in total. The van der Waals surface area contributed by atoms with Gasteiger partial charge >= 0.3 is 5.97 Å². The fraction of sp³-hybridized carbons (Fsp3) is 0.179. The number of rotatable bonds is 7. The summed E-state index contributed by atoms with van der Waals surface area (Å²) >= 11 is 0. The average Bonchev–Trinajstić information content (AvgIpc) is 3.37. The summed E-state index contributed by atoms with van der Waals surface area (Å²) in [7, 11) is 0. The fourth-order valence-corrected chi connectivity index (χ4v) is 4.21. The van der Waals surface area contributed by atoms with Gasteiger partial charge in [0.25, 0.3) is 0 Å². The number of carbonyl (C=O) groups is 1. The van der Waals surface area contributed by atoms with Crippen LogP contribution in [-0.4, -0.2) is 27.3 Å². The van der Waals surface area contributed by atoms with Crippen molar-refractivity contribution < 1.29 is 14.3 Å². The van der Waals surface area contributed by atoms with Crippen molar-refractivity contribution in [2.75, 3.05) is 11.9 Å². The van der Waals surface area contributed by atoms with Crippen LogP contribution >= 0.6 is 0 Å². The molecule has 0 saturated carbocycles. The zero-order valence-corrected chi connectivity index (χ0v) is 19.6. The van der Waals surface area contributed by atoms with Crippen LogP contribution in [0, 0.1) is 6.92 Å². The quantitative estimate of drug-likeness (QED) is 0.379. The highest BCUT2D eigenvalue weighted by atomic mass is 16.5. The molecule has 1 atom stereocenters. The van der Waals surface area contributed by atoms with Gasteiger partial charge in [0.05, 0.1) is 17.9 Å². The van der Waals surface area contributed by atoms with Crippen molar-refractivity contribution >= 4 is 17.6 Å². The molecule has 0 fully saturated rings. The first kappa shape index (κ1) is 22.4. The molecule has 7 nitrogen and oxygen atoms in total. The predicted molar refractivity (Wildman–Crippen MR) is 134 cm³/mol. The van der Waals surface area contributed by atoms with E-state index in [0.717, 1.165) is 22.4 Å². The van der Waals surface area contributed by atoms with E-state index in [-0.39, 0.29) is 6.61 Å². The number of anilines is 1. The van der Waals surface area contributed by atoms with Crippen LogP contribution in [0.3, 0.4) is 0 Å². The first-order chi connectivity index (χ1) is 17.2. The van der Waals surface area contributed by atoms with Crippen molar-refractivity contribution in [1.82, 2.24) is 14.8 Å². The SMILES string of the molecule is CCOC(=O)C1=C(c2ccccc2)Nc2ncnn2[C@@H]1c1ccc(OCc2ccccc2C)cc1. The van der Waals surface area contributed by atoms with E-state index in [4.69, 9.17) is 9.47 Å². The highest BCUT2D eigenvalue weighted by molar-refractivity contribution is 6.02. The van der Waals surface area contributed by atoms with Gasteiger partial charge in [0.1, 0.15) is 24.7 Å². The van der Waals surface area contributed by atoms with E-state index in [9.17, 15) is 4.79 Å². The monoisotopic (exact) mass is 466 g/mol. The largest absolute Gasteiger partial charge is 0.489 e. The molecule has 1 aliphatic rings. The van der Waals surface area contributed by atoms with E-state index < -0.39 is 12.0 Å². The maximum Gasteiger partial charge on any atom is 0.338 e. The van der Waals surface area contributed by atoms with Crippen LogP contribution in [0.25, 0.3) is 5.70 Å². The lowest BCUT2D eigenvalue weighted by molar-refractivity contribution is -0.138. The van der Waals surface area contributed by atoms with Gasteiger partial charge in [-0.25, -0.2) is 9.48 Å². The summed E-state index contributed by atoms with van der Waals surface area (Å²) in [6.45, 7) is 4.63. The van der Waals surface area contributed by atoms with Gasteiger partial charge in [0.2, 0.25) is 5.95 Å². The summed E-state index contributed by atoms with van der Waals surface area (Å²) < 4.78 is 13.2. The molecule has 0 unspecified atom stereocenters. The average molecular weight is 467 g/mol. The number of benzene rings is 3. The van der Waals surface area contributed by atoms with Gasteiger partial charge in [0, 0.05) is 0 Å². The van der Waals surface area contributed by atoms with E-state index in [1.165, 1.54) is 11.9 Å². The van der Waals surface area contributed by atoms with Crippen molar-refractivity contribution in [3.05, 3.63) is 113 Å². The standard InChI is InChI=1S/C28H26N4O3/c1-3-34-27(33)24-25(20-10-5-4-6-11-20)31-28-29-18-30-32(28)26(24)21-13-15-23(16-14-21)35-17-22-12-8-7-9-19(22)2/h4-16,18,26H,3,17H2,1-2H3,(H,29,30,31)/t26-/m1/s1. The number of nitrogens with one attached hydrogen (secondary N) is 1. The number of fused-ring (bicyclic) bond motifs is 1. The molecular weight excluding hydrogens is 440 g/mol. The third-order valence-corrected chi connectivity index (χ3v) is 6.01. The normalized spacial score (nSPS) is 14.7. The number of carbonyl (C=O) groups excluding carboxylic acids is 1. The zero-order valence-electron chi connectivity index (χ0n) is 19.6. The molecule has 0 spiro atoms. The van der Waals surface area contributed by atoms with E-state index in [0.29, 0.717) is 23.8 Å². The lowest BCUT2D eigenvalue weighted by atomic mass is 9.93. The van der Waals surface area contributed by atoms with E-state index in [1.54, 1.807) is 11.6 Å². The third kappa shape index (κ3) is 4.53. The molecule has 1 aliphatic heterocycles. The summed E-state index contributed by atoms with van der Waals surface area (Å²) in [5, 5.41) is 7.69. The molecular formula is C28H26N4O3. The van der Waals surface area contributed by atoms with Crippen molar-refractivity contribution in [3.8, 4) is 5.75 Å². The van der Waals surface area contributed by atoms with E-state index >= 15 is 0 Å². The second-order valence-corrected chi connectivity index (χ2v) is 8.22. The molecule has 0 radical (unpaired) electrons. The lowest BCUT2D eigenvalue weighted by Crippen LogP contribution is -2.30. The van der Waals surface area contributed by atoms with Gasteiger partial charge in [-0.1, -0.05) is 66.7 Å². The summed E-state index contributed by atoms with van der Waals surface area (Å²) in [6, 6.07) is 25.1. The predicted octanol–water partition coefficient (Wildman–Crippen LogP) is 5.15. The summed E-state index contributed by atoms with van der Waals surface area (Å²) in [5.74, 6) is 0.904. The molecule has 4 aromatic rings. The molecule has 0 aliphatic carbocycles. The van der Waals surface area contributed by atoms with Gasteiger partial charge in [-0.3, -0.25) is 0 Å². The summed E-state index contributed by atoms with van der Waals surface area (Å²) in [5.41, 5.74) is 5.21. The van der Waals surface area contributed by atoms with E-state index in [1.807, 2.05) is 66.7 Å². The Labute approximate surface area is 204 Å². The highest BCUT2D eigenvalue weighted by Crippen LogP contribution is 2.39. The maximum absolute atomic E-state index is 13.2. The maximum atomic E-state index is 13.2. The molecule has 0 bridgehead atoms. The molecule has 176 valence electrons. The first-order valence-electron chi connectivity index (χ1n) is 11.6. The number of ether oxygens (including phenoxy) is 2. The van der Waals surface area contributed by atoms with Crippen LogP contribution in [0.5, 0.6) is 5.75 Å². The topological polar surface area (TPSA) is 78.3 Å². The van der Waals surface area contributed by atoms with Gasteiger partial charge < -0.3 is 14.8 Å². The Morgan fingerprint density at radius 1 is 1.00 bits per heavy atom. The Balaban J connectivity index is 1.52. The minimum Gasteiger partial charge on any atom is -0.489 e. The molecule has 3 aromatic carbocycles. The lowest BCUT2D eigenvalue weighted by Gasteiger charge is -2.29. The summed E-state index contributed by atoms with van der Waals surface area (Å²) in [4.78, 5) is 17.6. The van der Waals surface area contributed by atoms with Crippen LogP contribution in [0.1, 0.15) is 35.2 Å². The second-order valence-electron chi connectivity index (χ2n) is 8.22. The van der Waals surface area contributed by atoms with Gasteiger partial charge in [-0.15, -0.1) is 0 Å². The molecule has 1 aromatic heterocycles. The van der Waals surface area contributed by atoms with Gasteiger partial charge in [-0.05, 0) is 48.2 Å². The van der Waals surface area contributed by atoms with Crippen LogP contribution in [0.2, 0.25) is 0 Å². The van der Waals surface area contributed by atoms with Crippen LogP contribution in [0.4, 0.5) is 5.95 Å². The minimum absolute atomic E-state index is 0.271. The minimum atomic E-state index is -0.506. The third-order valence-electron chi connectivity index (χ3n) is 6.01.